The molecule has 0 aromatic heterocycles. The first-order chi connectivity index (χ1) is 19.2. The number of nitriles is 1. The van der Waals surface area contributed by atoms with E-state index in [-0.39, 0.29) is 6.42 Å². The van der Waals surface area contributed by atoms with Gasteiger partial charge in [-0.05, 0) is 72.1 Å². The molecule has 1 saturated heterocycles. The minimum Gasteiger partial charge on any atom is -0.444 e. The summed E-state index contributed by atoms with van der Waals surface area (Å²) in [6.07, 6.45) is 8.19. The summed E-state index contributed by atoms with van der Waals surface area (Å²) < 4.78 is 34.9. The Morgan fingerprint density at radius 1 is 1.15 bits per heavy atom. The van der Waals surface area contributed by atoms with Crippen LogP contribution in [0.3, 0.4) is 0 Å². The van der Waals surface area contributed by atoms with Gasteiger partial charge in [0, 0.05) is 12.5 Å². The normalized spacial score (nSPS) is 30.7. The van der Waals surface area contributed by atoms with Gasteiger partial charge in [0.1, 0.15) is 28.8 Å². The lowest BCUT2D eigenvalue weighted by molar-refractivity contribution is -0.141. The van der Waals surface area contributed by atoms with Crippen molar-refractivity contribution in [3.63, 3.8) is 0 Å². The number of alkyl carbamates (subject to hydrolysis) is 1. The summed E-state index contributed by atoms with van der Waals surface area (Å²) in [7, 11) is -4.35. The third kappa shape index (κ3) is 7.56. The zero-order valence-corrected chi connectivity index (χ0v) is 24.6. The van der Waals surface area contributed by atoms with E-state index in [1.807, 2.05) is 22.9 Å². The number of fused-ring (bicyclic) bond motifs is 2. The van der Waals surface area contributed by atoms with Gasteiger partial charge < -0.3 is 20.3 Å². The molecular weight excluding hydrogens is 552 g/mol. The van der Waals surface area contributed by atoms with Crippen molar-refractivity contribution >= 4 is 34.0 Å². The van der Waals surface area contributed by atoms with Gasteiger partial charge in [0.25, 0.3) is 5.91 Å². The lowest BCUT2D eigenvalue weighted by Crippen LogP contribution is -2.59. The summed E-state index contributed by atoms with van der Waals surface area (Å²) in [4.78, 5) is 54.5. The largest absolute Gasteiger partial charge is 0.444 e. The molecule has 0 aromatic rings. The van der Waals surface area contributed by atoms with Crippen molar-refractivity contribution in [3.05, 3.63) is 12.2 Å². The van der Waals surface area contributed by atoms with E-state index in [0.717, 1.165) is 12.8 Å². The molecule has 2 heterocycles. The number of amides is 4. The zero-order chi connectivity index (χ0) is 30.1. The molecule has 41 heavy (non-hydrogen) atoms. The summed E-state index contributed by atoms with van der Waals surface area (Å²) in [6, 6.07) is 0.153. The fourth-order valence-corrected chi connectivity index (χ4v) is 6.64. The molecule has 0 unspecified atom stereocenters. The molecule has 14 heteroatoms. The summed E-state index contributed by atoms with van der Waals surface area (Å²) in [6.45, 7) is 5.49. The highest BCUT2D eigenvalue weighted by Gasteiger charge is 2.61. The highest BCUT2D eigenvalue weighted by molar-refractivity contribution is 7.88. The Morgan fingerprint density at radius 2 is 1.88 bits per heavy atom. The first kappa shape index (κ1) is 30.8. The molecule has 13 nitrogen and oxygen atoms in total. The summed E-state index contributed by atoms with van der Waals surface area (Å²) in [5.74, 6) is -2.28. The van der Waals surface area contributed by atoms with Crippen molar-refractivity contribution in [2.24, 2.45) is 5.92 Å². The molecule has 2 saturated carbocycles. The van der Waals surface area contributed by atoms with Crippen molar-refractivity contribution in [2.75, 3.05) is 6.54 Å². The lowest BCUT2D eigenvalue weighted by Gasteiger charge is -2.30. The molecule has 0 bridgehead atoms. The van der Waals surface area contributed by atoms with Gasteiger partial charge in [-0.25, -0.2) is 9.52 Å². The van der Waals surface area contributed by atoms with Crippen molar-refractivity contribution in [1.82, 2.24) is 25.0 Å². The molecule has 4 rings (SSSR count). The van der Waals surface area contributed by atoms with Gasteiger partial charge in [-0.2, -0.15) is 18.4 Å². The smallest absolute Gasteiger partial charge is 0.408 e. The Balaban J connectivity index is 1.53. The van der Waals surface area contributed by atoms with Crippen LogP contribution in [0.2, 0.25) is 0 Å². The first-order valence-corrected chi connectivity index (χ1v) is 15.7. The van der Waals surface area contributed by atoms with Gasteiger partial charge in [0.2, 0.25) is 11.8 Å². The minimum atomic E-state index is -4.35. The highest BCUT2D eigenvalue weighted by Crippen LogP contribution is 2.46. The maximum absolute atomic E-state index is 13.6. The number of nitrogens with zero attached hydrogens (tertiary/aromatic N) is 2. The van der Waals surface area contributed by atoms with Crippen molar-refractivity contribution in [1.29, 1.82) is 5.26 Å². The summed E-state index contributed by atoms with van der Waals surface area (Å²) in [5.41, 5.74) is -3.47. The van der Waals surface area contributed by atoms with E-state index in [4.69, 9.17) is 4.74 Å². The number of carbonyl (C=O) groups excluding carboxylic acids is 4. The quantitative estimate of drug-likeness (QED) is 0.344. The number of nitrogens with one attached hydrogen (secondary N) is 4. The van der Waals surface area contributed by atoms with Crippen LogP contribution in [0.5, 0.6) is 0 Å². The van der Waals surface area contributed by atoms with Crippen LogP contribution in [-0.2, 0) is 29.3 Å². The third-order valence-corrected chi connectivity index (χ3v) is 8.96. The molecule has 4 N–H and O–H groups in total. The van der Waals surface area contributed by atoms with E-state index in [0.29, 0.717) is 51.5 Å². The van der Waals surface area contributed by atoms with E-state index in [9.17, 15) is 32.9 Å². The summed E-state index contributed by atoms with van der Waals surface area (Å²) >= 11 is 0. The van der Waals surface area contributed by atoms with E-state index < -0.39 is 68.7 Å². The second-order valence-electron chi connectivity index (χ2n) is 12.5. The van der Waals surface area contributed by atoms with Gasteiger partial charge in [0.05, 0.1) is 6.07 Å². The topological polar surface area (TPSA) is 187 Å². The van der Waals surface area contributed by atoms with Crippen molar-refractivity contribution < 1.29 is 32.3 Å². The maximum atomic E-state index is 13.6. The van der Waals surface area contributed by atoms with E-state index in [1.165, 1.54) is 4.90 Å². The van der Waals surface area contributed by atoms with Crippen LogP contribution >= 0.6 is 0 Å². The number of ether oxygens (including phenoxy) is 1. The van der Waals surface area contributed by atoms with Gasteiger partial charge in [-0.1, -0.05) is 25.0 Å². The van der Waals surface area contributed by atoms with Crippen LogP contribution in [0.1, 0.15) is 85.0 Å². The second-order valence-corrected chi connectivity index (χ2v) is 13.9. The van der Waals surface area contributed by atoms with E-state index in [1.54, 1.807) is 20.8 Å². The van der Waals surface area contributed by atoms with Crippen molar-refractivity contribution in [2.45, 2.75) is 114 Å². The number of allylic oxidation sites excluding steroid dienone is 1. The second kappa shape index (κ2) is 11.6. The number of hydrogen-bond acceptors (Lipinski definition) is 8. The van der Waals surface area contributed by atoms with Crippen LogP contribution in [-0.4, -0.2) is 72.4 Å². The molecule has 0 spiro atoms. The van der Waals surface area contributed by atoms with Crippen LogP contribution in [0.4, 0.5) is 4.79 Å². The minimum absolute atomic E-state index is 0.198. The zero-order valence-electron chi connectivity index (χ0n) is 23.8. The fraction of sp³-hybridized carbons (Fsp3) is 0.741. The Kier molecular flexibility index (Phi) is 8.71. The van der Waals surface area contributed by atoms with Gasteiger partial charge in [0.15, 0.2) is 0 Å². The predicted octanol–water partition coefficient (Wildman–Crippen LogP) is 1.27. The average Bonchev–Trinajstić information content (AvgIpc) is 3.72. The predicted molar refractivity (Wildman–Crippen MR) is 147 cm³/mol. The molecule has 2 aliphatic carbocycles. The van der Waals surface area contributed by atoms with Gasteiger partial charge in [-0.3, -0.25) is 14.4 Å². The maximum Gasteiger partial charge on any atom is 0.408 e. The number of hydrogen-bond donors (Lipinski definition) is 4. The third-order valence-electron chi connectivity index (χ3n) is 7.85. The Labute approximate surface area is 241 Å². The van der Waals surface area contributed by atoms with Crippen molar-refractivity contribution in [3.8, 4) is 6.07 Å². The Hall–Kier alpha value is -3.18. The molecule has 4 atom stereocenters. The van der Waals surface area contributed by atoms with Gasteiger partial charge in [-0.15, -0.1) is 0 Å². The standard InChI is InChI=1S/C27H40N6O7S/c1-25(2,3)40-24(37)29-19-11-8-6-4-5-7-10-18-16-27(18,30-21(34)20-12-9-15-33(20)22(19)35)23(36)31-41(38,39)32-26(17-28)13-14-26/h7,10,18-20,32H,4-6,8-9,11-16H2,1-3H3,(H,29,37)(H,30,34)(H,31,36)/b10-7-/t18-,19+,20+,27-/m1/s1. The number of rotatable bonds is 5. The molecule has 2 aliphatic heterocycles. The fourth-order valence-electron chi connectivity index (χ4n) is 5.40. The molecule has 3 fully saturated rings. The first-order valence-electron chi connectivity index (χ1n) is 14.3. The molecule has 4 aliphatic rings. The monoisotopic (exact) mass is 592 g/mol. The van der Waals surface area contributed by atoms with Crippen LogP contribution in [0, 0.1) is 17.2 Å². The molecular formula is C27H40N6O7S. The van der Waals surface area contributed by atoms with Crippen LogP contribution in [0.25, 0.3) is 0 Å². The Morgan fingerprint density at radius 3 is 2.54 bits per heavy atom. The molecule has 0 aromatic carbocycles. The van der Waals surface area contributed by atoms with Crippen LogP contribution < -0.4 is 20.1 Å². The SMILES string of the molecule is CC(C)(C)OC(=O)N[C@H]1CCCCC/C=C\[C@@H]2C[C@@]2(C(=O)NS(=O)(=O)NC2(C#N)CC2)NC(=O)[C@@H]2CCCN2C1=O. The molecule has 0 radical (unpaired) electrons. The molecule has 4 amide bonds. The lowest BCUT2D eigenvalue weighted by atomic mass is 10.0. The number of carbonyl (C=O) groups is 4. The van der Waals surface area contributed by atoms with E-state index >= 15 is 0 Å². The molecule has 226 valence electrons. The Bertz CT molecular complexity index is 1250. The highest BCUT2D eigenvalue weighted by atomic mass is 32.2. The summed E-state index contributed by atoms with van der Waals surface area (Å²) in [5, 5.41) is 14.7. The average molecular weight is 593 g/mol. The van der Waals surface area contributed by atoms with Gasteiger partial charge >= 0.3 is 16.3 Å². The van der Waals surface area contributed by atoms with E-state index in [2.05, 4.69) is 15.4 Å². The van der Waals surface area contributed by atoms with Crippen LogP contribution in [0.15, 0.2) is 12.2 Å².